The molecule has 0 spiro atoms. The van der Waals surface area contributed by atoms with Crippen molar-refractivity contribution in [2.75, 3.05) is 13.6 Å². The molecule has 3 N–H and O–H groups in total. The summed E-state index contributed by atoms with van der Waals surface area (Å²) in [5.74, 6) is -0.522. The quantitative estimate of drug-likeness (QED) is 0.550. The minimum atomic E-state index is -0.503. The van der Waals surface area contributed by atoms with Crippen molar-refractivity contribution in [2.24, 2.45) is 5.92 Å². The lowest BCUT2D eigenvalue weighted by molar-refractivity contribution is -0.130. The van der Waals surface area contributed by atoms with E-state index in [4.69, 9.17) is 0 Å². The van der Waals surface area contributed by atoms with Crippen molar-refractivity contribution >= 4 is 17.7 Å². The van der Waals surface area contributed by atoms with Crippen molar-refractivity contribution in [1.29, 1.82) is 0 Å². The number of hydrogen-bond acceptors (Lipinski definition) is 3. The summed E-state index contributed by atoms with van der Waals surface area (Å²) in [6.07, 6.45) is 2.11. The Morgan fingerprint density at radius 1 is 1.05 bits per heavy atom. The van der Waals surface area contributed by atoms with Crippen molar-refractivity contribution in [2.45, 2.75) is 46.1 Å². The molecule has 0 heterocycles. The summed E-state index contributed by atoms with van der Waals surface area (Å²) in [7, 11) is 1.55. The van der Waals surface area contributed by atoms with Gasteiger partial charge in [-0.15, -0.1) is 0 Å². The molecule has 0 aromatic heterocycles. The van der Waals surface area contributed by atoms with E-state index < -0.39 is 6.04 Å². The van der Waals surface area contributed by atoms with Gasteiger partial charge in [-0.2, -0.15) is 0 Å². The maximum Gasteiger partial charge on any atom is 0.242 e. The van der Waals surface area contributed by atoms with Gasteiger partial charge in [-0.1, -0.05) is 13.8 Å². The largest absolute Gasteiger partial charge is 0.357 e. The fourth-order valence-electron chi connectivity index (χ4n) is 1.52. The maximum absolute atomic E-state index is 11.6. The van der Waals surface area contributed by atoms with Crippen molar-refractivity contribution < 1.29 is 14.4 Å². The van der Waals surface area contributed by atoms with Crippen LogP contribution in [0.3, 0.4) is 0 Å². The van der Waals surface area contributed by atoms with Crippen LogP contribution in [0.5, 0.6) is 0 Å². The summed E-state index contributed by atoms with van der Waals surface area (Å²) < 4.78 is 0. The Bertz CT molecular complexity index is 316. The molecule has 0 saturated carbocycles. The lowest BCUT2D eigenvalue weighted by Crippen LogP contribution is -2.47. The molecule has 6 nitrogen and oxygen atoms in total. The average Bonchev–Trinajstić information content (AvgIpc) is 2.35. The van der Waals surface area contributed by atoms with Gasteiger partial charge in [0.05, 0.1) is 0 Å². The zero-order valence-electron chi connectivity index (χ0n) is 12.2. The van der Waals surface area contributed by atoms with E-state index in [1.54, 1.807) is 20.9 Å². The van der Waals surface area contributed by atoms with Gasteiger partial charge in [0.1, 0.15) is 6.04 Å². The Labute approximate surface area is 114 Å². The molecular weight excluding hydrogens is 246 g/mol. The topological polar surface area (TPSA) is 87.3 Å². The van der Waals surface area contributed by atoms with E-state index in [1.165, 1.54) is 6.92 Å². The summed E-state index contributed by atoms with van der Waals surface area (Å²) in [6, 6.07) is -0.503. The molecule has 0 aliphatic rings. The highest BCUT2D eigenvalue weighted by molar-refractivity contribution is 5.88. The Balaban J connectivity index is 4.11. The van der Waals surface area contributed by atoms with Crippen LogP contribution >= 0.6 is 0 Å². The second-order valence-corrected chi connectivity index (χ2v) is 4.81. The third-order valence-electron chi connectivity index (χ3n) is 2.70. The SMILES string of the molecule is CNC(=O)[C@H](CCCCNC(C)=O)NC(=O)C(C)C. The van der Waals surface area contributed by atoms with Gasteiger partial charge in [-0.3, -0.25) is 14.4 Å². The summed E-state index contributed by atoms with van der Waals surface area (Å²) >= 11 is 0. The van der Waals surface area contributed by atoms with Crippen LogP contribution in [0.4, 0.5) is 0 Å². The van der Waals surface area contributed by atoms with E-state index in [2.05, 4.69) is 16.0 Å². The summed E-state index contributed by atoms with van der Waals surface area (Å²) in [6.45, 7) is 5.63. The zero-order chi connectivity index (χ0) is 14.8. The van der Waals surface area contributed by atoms with Gasteiger partial charge in [0.15, 0.2) is 0 Å². The van der Waals surface area contributed by atoms with Crippen molar-refractivity contribution in [1.82, 2.24) is 16.0 Å². The van der Waals surface area contributed by atoms with Gasteiger partial charge in [0.2, 0.25) is 17.7 Å². The molecule has 6 heteroatoms. The third kappa shape index (κ3) is 8.18. The van der Waals surface area contributed by atoms with Crippen molar-refractivity contribution in [3.63, 3.8) is 0 Å². The van der Waals surface area contributed by atoms with Gasteiger partial charge >= 0.3 is 0 Å². The number of unbranched alkanes of at least 4 members (excludes halogenated alkanes) is 1. The number of carbonyl (C=O) groups excluding carboxylic acids is 3. The van der Waals surface area contributed by atoms with Gasteiger partial charge in [0, 0.05) is 26.4 Å². The molecular formula is C13H25N3O3. The van der Waals surface area contributed by atoms with E-state index in [0.717, 1.165) is 12.8 Å². The first-order valence-corrected chi connectivity index (χ1v) is 6.64. The number of hydrogen-bond donors (Lipinski definition) is 3. The molecule has 0 aliphatic carbocycles. The molecule has 0 bridgehead atoms. The molecule has 0 aromatic carbocycles. The Kier molecular flexibility index (Phi) is 8.57. The molecule has 0 fully saturated rings. The molecule has 110 valence electrons. The van der Waals surface area contributed by atoms with Crippen LogP contribution in [0.25, 0.3) is 0 Å². The predicted octanol–water partition coefficient (Wildman–Crippen LogP) is 0.180. The van der Waals surface area contributed by atoms with Crippen LogP contribution in [0.1, 0.15) is 40.0 Å². The molecule has 0 aliphatic heterocycles. The fourth-order valence-corrected chi connectivity index (χ4v) is 1.52. The van der Waals surface area contributed by atoms with Gasteiger partial charge < -0.3 is 16.0 Å². The lowest BCUT2D eigenvalue weighted by Gasteiger charge is -2.18. The minimum absolute atomic E-state index is 0.0593. The smallest absolute Gasteiger partial charge is 0.242 e. The van der Waals surface area contributed by atoms with E-state index in [9.17, 15) is 14.4 Å². The maximum atomic E-state index is 11.6. The lowest BCUT2D eigenvalue weighted by atomic mass is 10.1. The van der Waals surface area contributed by atoms with Gasteiger partial charge in [0.25, 0.3) is 0 Å². The Morgan fingerprint density at radius 3 is 2.16 bits per heavy atom. The molecule has 1 atom stereocenters. The average molecular weight is 271 g/mol. The third-order valence-corrected chi connectivity index (χ3v) is 2.70. The Hall–Kier alpha value is -1.59. The second kappa shape index (κ2) is 9.35. The molecule has 3 amide bonds. The molecule has 0 aromatic rings. The van der Waals surface area contributed by atoms with E-state index >= 15 is 0 Å². The first-order valence-electron chi connectivity index (χ1n) is 6.64. The standard InChI is InChI=1S/C13H25N3O3/c1-9(2)12(18)16-11(13(19)14-4)7-5-6-8-15-10(3)17/h9,11H,5-8H2,1-4H3,(H,14,19)(H,15,17)(H,16,18)/t11-/m0/s1. The monoisotopic (exact) mass is 271 g/mol. The summed E-state index contributed by atoms with van der Waals surface area (Å²) in [5.41, 5.74) is 0. The molecule has 0 radical (unpaired) electrons. The summed E-state index contributed by atoms with van der Waals surface area (Å²) in [4.78, 5) is 33.9. The molecule has 19 heavy (non-hydrogen) atoms. The fraction of sp³-hybridized carbons (Fsp3) is 0.769. The van der Waals surface area contributed by atoms with Crippen molar-refractivity contribution in [3.05, 3.63) is 0 Å². The second-order valence-electron chi connectivity index (χ2n) is 4.81. The number of rotatable bonds is 8. The molecule has 0 rings (SSSR count). The highest BCUT2D eigenvalue weighted by atomic mass is 16.2. The van der Waals surface area contributed by atoms with E-state index in [-0.39, 0.29) is 23.6 Å². The van der Waals surface area contributed by atoms with Gasteiger partial charge in [-0.25, -0.2) is 0 Å². The molecule has 0 unspecified atom stereocenters. The first kappa shape index (κ1) is 17.4. The summed E-state index contributed by atoms with van der Waals surface area (Å²) in [5, 5.41) is 7.97. The van der Waals surface area contributed by atoms with Crippen LogP contribution in [-0.4, -0.2) is 37.4 Å². The number of carbonyl (C=O) groups is 3. The first-order chi connectivity index (χ1) is 8.88. The van der Waals surface area contributed by atoms with Crippen LogP contribution in [0, 0.1) is 5.92 Å². The zero-order valence-corrected chi connectivity index (χ0v) is 12.2. The van der Waals surface area contributed by atoms with Crippen LogP contribution in [0.15, 0.2) is 0 Å². The van der Waals surface area contributed by atoms with Gasteiger partial charge in [-0.05, 0) is 19.3 Å². The normalized spacial score (nSPS) is 11.8. The molecule has 0 saturated heterocycles. The van der Waals surface area contributed by atoms with E-state index in [0.29, 0.717) is 13.0 Å². The highest BCUT2D eigenvalue weighted by Crippen LogP contribution is 2.03. The number of likely N-dealkylation sites (N-methyl/N-ethyl adjacent to an activating group) is 1. The van der Waals surface area contributed by atoms with Crippen LogP contribution in [0.2, 0.25) is 0 Å². The van der Waals surface area contributed by atoms with E-state index in [1.807, 2.05) is 0 Å². The van der Waals surface area contributed by atoms with Crippen LogP contribution < -0.4 is 16.0 Å². The minimum Gasteiger partial charge on any atom is -0.357 e. The number of amides is 3. The number of nitrogens with one attached hydrogen (secondary N) is 3. The predicted molar refractivity (Wildman–Crippen MR) is 73.4 cm³/mol. The van der Waals surface area contributed by atoms with Crippen molar-refractivity contribution in [3.8, 4) is 0 Å². The highest BCUT2D eigenvalue weighted by Gasteiger charge is 2.20. The Morgan fingerprint density at radius 2 is 1.68 bits per heavy atom. The van der Waals surface area contributed by atoms with Crippen LogP contribution in [-0.2, 0) is 14.4 Å².